The number of benzene rings is 1. The van der Waals surface area contributed by atoms with Crippen molar-refractivity contribution in [1.82, 2.24) is 15.1 Å². The first-order chi connectivity index (χ1) is 9.70. The van der Waals surface area contributed by atoms with Crippen LogP contribution in [0.3, 0.4) is 0 Å². The molecule has 3 nitrogen and oxygen atoms in total. The summed E-state index contributed by atoms with van der Waals surface area (Å²) in [5.41, 5.74) is 6.56. The minimum absolute atomic E-state index is 0.450. The normalized spacial score (nSPS) is 18.6. The van der Waals surface area contributed by atoms with Crippen molar-refractivity contribution in [3.63, 3.8) is 0 Å². The van der Waals surface area contributed by atoms with Gasteiger partial charge in [0, 0.05) is 17.3 Å². The van der Waals surface area contributed by atoms with Crippen LogP contribution in [0.1, 0.15) is 47.7 Å². The van der Waals surface area contributed by atoms with Crippen molar-refractivity contribution in [2.45, 2.75) is 45.6 Å². The first-order valence-electron chi connectivity index (χ1n) is 7.52. The van der Waals surface area contributed by atoms with E-state index >= 15 is 0 Å². The monoisotopic (exact) mass is 269 g/mol. The van der Waals surface area contributed by atoms with Crippen LogP contribution in [0.2, 0.25) is 0 Å². The second-order valence-electron chi connectivity index (χ2n) is 5.84. The smallest absolute Gasteiger partial charge is 0.0680 e. The zero-order valence-electron chi connectivity index (χ0n) is 12.6. The van der Waals surface area contributed by atoms with Crippen molar-refractivity contribution in [1.29, 1.82) is 0 Å². The fourth-order valence-corrected chi connectivity index (χ4v) is 3.18. The van der Waals surface area contributed by atoms with Crippen LogP contribution in [0.5, 0.6) is 0 Å². The molecular weight excluding hydrogens is 246 g/mol. The number of aryl methyl sites for hydroxylation is 2. The number of hydrogen-bond acceptors (Lipinski definition) is 2. The molecule has 1 aliphatic rings. The molecule has 0 saturated heterocycles. The third-order valence-electron chi connectivity index (χ3n) is 4.37. The van der Waals surface area contributed by atoms with Crippen LogP contribution in [0, 0.1) is 13.8 Å². The molecule has 20 heavy (non-hydrogen) atoms. The summed E-state index contributed by atoms with van der Waals surface area (Å²) in [7, 11) is 2.05. The number of hydrogen-bond donors (Lipinski definition) is 1. The average Bonchev–Trinajstić information content (AvgIpc) is 2.74. The van der Waals surface area contributed by atoms with E-state index in [2.05, 4.69) is 60.4 Å². The van der Waals surface area contributed by atoms with E-state index in [1.54, 1.807) is 0 Å². The Morgan fingerprint density at radius 3 is 2.90 bits per heavy atom. The zero-order chi connectivity index (χ0) is 14.1. The Labute approximate surface area is 121 Å². The van der Waals surface area contributed by atoms with Crippen molar-refractivity contribution >= 4 is 0 Å². The van der Waals surface area contributed by atoms with Crippen LogP contribution in [-0.4, -0.2) is 16.8 Å². The van der Waals surface area contributed by atoms with Crippen molar-refractivity contribution < 1.29 is 0 Å². The molecule has 0 aliphatic heterocycles. The second kappa shape index (κ2) is 5.41. The predicted molar refractivity (Wildman–Crippen MR) is 82.4 cm³/mol. The Hall–Kier alpha value is -1.61. The molecule has 0 bridgehead atoms. The van der Waals surface area contributed by atoms with Gasteiger partial charge in [0.1, 0.15) is 0 Å². The topological polar surface area (TPSA) is 29.9 Å². The molecule has 1 heterocycles. The van der Waals surface area contributed by atoms with Crippen LogP contribution in [0.4, 0.5) is 0 Å². The standard InChI is InChI=1S/C17H23N3/c1-12-8-9-13(2)17(10-12)20-16-7-5-4-6-15(18-3)14(16)11-19-20/h8-11,15,18H,4-7H2,1-3H3. The summed E-state index contributed by atoms with van der Waals surface area (Å²) in [6.07, 6.45) is 6.93. The molecule has 1 aliphatic carbocycles. The number of fused-ring (bicyclic) bond motifs is 1. The van der Waals surface area contributed by atoms with E-state index in [1.165, 1.54) is 47.3 Å². The van der Waals surface area contributed by atoms with Crippen molar-refractivity contribution in [3.05, 3.63) is 46.8 Å². The molecule has 0 saturated carbocycles. The molecule has 3 heteroatoms. The van der Waals surface area contributed by atoms with Gasteiger partial charge in [-0.1, -0.05) is 18.6 Å². The lowest BCUT2D eigenvalue weighted by Crippen LogP contribution is -2.16. The third kappa shape index (κ3) is 2.27. The average molecular weight is 269 g/mol. The second-order valence-corrected chi connectivity index (χ2v) is 5.84. The summed E-state index contributed by atoms with van der Waals surface area (Å²) >= 11 is 0. The summed E-state index contributed by atoms with van der Waals surface area (Å²) in [5, 5.41) is 8.12. The van der Waals surface area contributed by atoms with Gasteiger partial charge in [-0.25, -0.2) is 4.68 Å². The van der Waals surface area contributed by atoms with Gasteiger partial charge >= 0.3 is 0 Å². The maximum atomic E-state index is 4.69. The lowest BCUT2D eigenvalue weighted by Gasteiger charge is -2.14. The highest BCUT2D eigenvalue weighted by molar-refractivity contribution is 5.45. The molecule has 0 fully saturated rings. The Balaban J connectivity index is 2.12. The molecule has 0 spiro atoms. The quantitative estimate of drug-likeness (QED) is 0.846. The number of aromatic nitrogens is 2. The molecular formula is C17H23N3. The summed E-state index contributed by atoms with van der Waals surface area (Å²) < 4.78 is 2.16. The van der Waals surface area contributed by atoms with Crippen molar-refractivity contribution in [2.75, 3.05) is 7.05 Å². The van der Waals surface area contributed by atoms with E-state index in [4.69, 9.17) is 0 Å². The highest BCUT2D eigenvalue weighted by Crippen LogP contribution is 2.30. The van der Waals surface area contributed by atoms with Crippen LogP contribution >= 0.6 is 0 Å². The van der Waals surface area contributed by atoms with Gasteiger partial charge in [0.2, 0.25) is 0 Å². The Kier molecular flexibility index (Phi) is 3.62. The van der Waals surface area contributed by atoms with Gasteiger partial charge in [-0.05, 0) is 57.4 Å². The zero-order valence-corrected chi connectivity index (χ0v) is 12.6. The van der Waals surface area contributed by atoms with Gasteiger partial charge in [0.05, 0.1) is 11.9 Å². The van der Waals surface area contributed by atoms with Gasteiger partial charge in [-0.15, -0.1) is 0 Å². The van der Waals surface area contributed by atoms with E-state index < -0.39 is 0 Å². The summed E-state index contributed by atoms with van der Waals surface area (Å²) in [6.45, 7) is 4.30. The lowest BCUT2D eigenvalue weighted by molar-refractivity contribution is 0.533. The SMILES string of the molecule is CNC1CCCCc2c1cnn2-c1cc(C)ccc1C. The van der Waals surface area contributed by atoms with Gasteiger partial charge < -0.3 is 5.32 Å². The molecule has 106 valence electrons. The van der Waals surface area contributed by atoms with Gasteiger partial charge in [-0.2, -0.15) is 5.10 Å². The molecule has 1 unspecified atom stereocenters. The first-order valence-corrected chi connectivity index (χ1v) is 7.52. The van der Waals surface area contributed by atoms with Gasteiger partial charge in [0.25, 0.3) is 0 Å². The minimum Gasteiger partial charge on any atom is -0.313 e. The van der Waals surface area contributed by atoms with Crippen LogP contribution in [-0.2, 0) is 6.42 Å². The number of nitrogens with one attached hydrogen (secondary N) is 1. The lowest BCUT2D eigenvalue weighted by atomic mass is 10.1. The van der Waals surface area contributed by atoms with Crippen molar-refractivity contribution in [2.24, 2.45) is 0 Å². The molecule has 2 aromatic rings. The molecule has 0 radical (unpaired) electrons. The molecule has 1 N–H and O–H groups in total. The third-order valence-corrected chi connectivity index (χ3v) is 4.37. The molecule has 1 aromatic carbocycles. The Bertz CT molecular complexity index is 613. The first kappa shape index (κ1) is 13.4. The number of rotatable bonds is 2. The van der Waals surface area contributed by atoms with Crippen LogP contribution in [0.15, 0.2) is 24.4 Å². The highest BCUT2D eigenvalue weighted by Gasteiger charge is 2.22. The summed E-state index contributed by atoms with van der Waals surface area (Å²) in [6, 6.07) is 7.04. The van der Waals surface area contributed by atoms with E-state index in [1.807, 2.05) is 0 Å². The summed E-state index contributed by atoms with van der Waals surface area (Å²) in [4.78, 5) is 0. The van der Waals surface area contributed by atoms with E-state index in [9.17, 15) is 0 Å². The van der Waals surface area contributed by atoms with Crippen LogP contribution < -0.4 is 5.32 Å². The Morgan fingerprint density at radius 1 is 1.25 bits per heavy atom. The Morgan fingerprint density at radius 2 is 2.10 bits per heavy atom. The van der Waals surface area contributed by atoms with Crippen LogP contribution in [0.25, 0.3) is 5.69 Å². The maximum Gasteiger partial charge on any atom is 0.0680 e. The predicted octanol–water partition coefficient (Wildman–Crippen LogP) is 3.48. The summed E-state index contributed by atoms with van der Waals surface area (Å²) in [5.74, 6) is 0. The minimum atomic E-state index is 0.450. The largest absolute Gasteiger partial charge is 0.313 e. The van der Waals surface area contributed by atoms with Gasteiger partial charge in [-0.3, -0.25) is 0 Å². The van der Waals surface area contributed by atoms with E-state index in [0.717, 1.165) is 6.42 Å². The fourth-order valence-electron chi connectivity index (χ4n) is 3.18. The maximum absolute atomic E-state index is 4.69. The fraction of sp³-hybridized carbons (Fsp3) is 0.471. The molecule has 1 aromatic heterocycles. The van der Waals surface area contributed by atoms with Crippen molar-refractivity contribution in [3.8, 4) is 5.69 Å². The van der Waals surface area contributed by atoms with E-state index in [0.29, 0.717) is 6.04 Å². The molecule has 0 amide bonds. The number of nitrogens with zero attached hydrogens (tertiary/aromatic N) is 2. The molecule has 1 atom stereocenters. The highest BCUT2D eigenvalue weighted by atomic mass is 15.3. The molecule has 3 rings (SSSR count). The van der Waals surface area contributed by atoms with E-state index in [-0.39, 0.29) is 0 Å². The van der Waals surface area contributed by atoms with Gasteiger partial charge in [0.15, 0.2) is 0 Å².